The first-order chi connectivity index (χ1) is 18.6. The first-order valence-corrected chi connectivity index (χ1v) is 11.8. The number of amides is 1. The summed E-state index contributed by atoms with van der Waals surface area (Å²) in [5, 5.41) is 14.2. The number of alkyl halides is 6. The quantitative estimate of drug-likeness (QED) is 0.508. The Morgan fingerprint density at radius 2 is 1.50 bits per heavy atom. The van der Waals surface area contributed by atoms with Gasteiger partial charge in [-0.3, -0.25) is 14.7 Å². The summed E-state index contributed by atoms with van der Waals surface area (Å²) in [5.41, 5.74) is 2.40. The average Bonchev–Trinajstić information content (AvgIpc) is 3.29. The highest BCUT2D eigenvalue weighted by Crippen LogP contribution is 2.33. The zero-order valence-corrected chi connectivity index (χ0v) is 21.2. The molecule has 0 radical (unpaired) electrons. The van der Waals surface area contributed by atoms with E-state index in [0.717, 1.165) is 37.2 Å². The molecule has 0 saturated carbocycles. The lowest BCUT2D eigenvalue weighted by Crippen LogP contribution is -2.51. The Kier molecular flexibility index (Phi) is 11.3. The molecule has 15 heteroatoms. The molecule has 1 amide bonds. The van der Waals surface area contributed by atoms with E-state index in [4.69, 9.17) is 24.5 Å². The lowest BCUT2D eigenvalue weighted by atomic mass is 9.95. The molecule has 4 rings (SSSR count). The monoisotopic (exact) mass is 579 g/mol. The third-order valence-electron chi connectivity index (χ3n) is 6.11. The van der Waals surface area contributed by atoms with E-state index in [0.29, 0.717) is 25.0 Å². The number of halogens is 6. The lowest BCUT2D eigenvalue weighted by Gasteiger charge is -2.40. The number of fused-ring (bicyclic) bond motifs is 1. The van der Waals surface area contributed by atoms with E-state index in [1.807, 2.05) is 30.5 Å². The fraction of sp³-hybridized carbons (Fsp3) is 0.440. The minimum Gasteiger partial charge on any atom is -0.497 e. The molecule has 2 fully saturated rings. The van der Waals surface area contributed by atoms with Crippen molar-refractivity contribution in [1.82, 2.24) is 14.8 Å². The van der Waals surface area contributed by atoms with Crippen LogP contribution in [0.5, 0.6) is 5.75 Å². The molecule has 2 saturated heterocycles. The molecular weight excluding hydrogens is 552 g/mol. The molecule has 1 aromatic carbocycles. The first-order valence-electron chi connectivity index (χ1n) is 11.8. The minimum atomic E-state index is -5.08. The van der Waals surface area contributed by atoms with Gasteiger partial charge in [0, 0.05) is 50.5 Å². The van der Waals surface area contributed by atoms with Gasteiger partial charge in [0.15, 0.2) is 0 Å². The van der Waals surface area contributed by atoms with Crippen LogP contribution >= 0.6 is 0 Å². The molecular formula is C25H27F6N3O6. The predicted molar refractivity (Wildman–Crippen MR) is 127 cm³/mol. The number of pyridine rings is 1. The van der Waals surface area contributed by atoms with Gasteiger partial charge in [0.05, 0.1) is 7.11 Å². The number of hydrogen-bond acceptors (Lipinski definition) is 6. The smallest absolute Gasteiger partial charge is 0.490 e. The van der Waals surface area contributed by atoms with E-state index in [1.54, 1.807) is 13.3 Å². The van der Waals surface area contributed by atoms with Crippen LogP contribution in [0.25, 0.3) is 0 Å². The fourth-order valence-corrected chi connectivity index (χ4v) is 4.29. The second-order valence-corrected chi connectivity index (χ2v) is 8.77. The van der Waals surface area contributed by atoms with Gasteiger partial charge in [-0.2, -0.15) is 26.3 Å². The van der Waals surface area contributed by atoms with Crippen molar-refractivity contribution >= 4 is 17.8 Å². The number of carboxylic acid groups (broad SMARTS) is 2. The van der Waals surface area contributed by atoms with E-state index < -0.39 is 24.3 Å². The number of piperidine rings is 1. The molecule has 0 spiro atoms. The predicted octanol–water partition coefficient (Wildman–Crippen LogP) is 4.12. The molecule has 40 heavy (non-hydrogen) atoms. The topological polar surface area (TPSA) is 120 Å². The minimum absolute atomic E-state index is 0.279. The largest absolute Gasteiger partial charge is 0.497 e. The van der Waals surface area contributed by atoms with Gasteiger partial charge in [0.25, 0.3) is 0 Å². The summed E-state index contributed by atoms with van der Waals surface area (Å²) in [6, 6.07) is 13.0. The summed E-state index contributed by atoms with van der Waals surface area (Å²) in [7, 11) is 1.69. The number of methoxy groups -OCH3 is 1. The lowest BCUT2D eigenvalue weighted by molar-refractivity contribution is -0.193. The van der Waals surface area contributed by atoms with Crippen molar-refractivity contribution in [2.24, 2.45) is 0 Å². The SMILES string of the molecule is COc1ccc(CN2CC[C@@H]3[C@H]2CCC(=O)N3Cc2cccnc2)cc1.O=C(O)C(F)(F)F.O=C(O)C(F)(F)F. The van der Waals surface area contributed by atoms with Gasteiger partial charge in [-0.1, -0.05) is 18.2 Å². The van der Waals surface area contributed by atoms with Crippen LogP contribution < -0.4 is 4.74 Å². The first kappa shape index (κ1) is 32.3. The van der Waals surface area contributed by atoms with Crippen LogP contribution in [0.15, 0.2) is 48.8 Å². The van der Waals surface area contributed by atoms with Crippen molar-refractivity contribution in [2.45, 2.75) is 56.8 Å². The van der Waals surface area contributed by atoms with E-state index in [1.165, 1.54) is 5.56 Å². The number of ether oxygens (including phenoxy) is 1. The van der Waals surface area contributed by atoms with Gasteiger partial charge in [0.2, 0.25) is 5.91 Å². The van der Waals surface area contributed by atoms with Gasteiger partial charge in [-0.25, -0.2) is 9.59 Å². The van der Waals surface area contributed by atoms with Crippen LogP contribution in [0.3, 0.4) is 0 Å². The average molecular weight is 579 g/mol. The van der Waals surface area contributed by atoms with E-state index >= 15 is 0 Å². The number of carbonyl (C=O) groups excluding carboxylic acids is 1. The Hall–Kier alpha value is -3.88. The maximum atomic E-state index is 12.5. The number of aliphatic carboxylic acids is 2. The second kappa shape index (κ2) is 14.0. The molecule has 0 unspecified atom stereocenters. The van der Waals surface area contributed by atoms with Crippen LogP contribution in [-0.4, -0.2) is 80.9 Å². The summed E-state index contributed by atoms with van der Waals surface area (Å²) in [6.07, 6.45) is -3.88. The zero-order valence-electron chi connectivity index (χ0n) is 21.2. The highest BCUT2D eigenvalue weighted by molar-refractivity contribution is 5.77. The number of rotatable bonds is 5. The zero-order chi connectivity index (χ0) is 30.1. The standard InChI is InChI=1S/C21H25N3O2.2C2HF3O2/c1-26-18-6-4-16(5-7-18)14-23-12-10-20-19(23)8-9-21(25)24(20)15-17-3-2-11-22-13-17;2*3-2(4,5)1(6)7/h2-7,11,13,19-20H,8-10,12,14-15H2,1H3;2*(H,6,7)/t19-,20-;;/m1../s1. The fourth-order valence-electron chi connectivity index (χ4n) is 4.29. The van der Waals surface area contributed by atoms with Crippen molar-refractivity contribution in [1.29, 1.82) is 0 Å². The summed E-state index contributed by atoms with van der Waals surface area (Å²) >= 11 is 0. The third kappa shape index (κ3) is 9.70. The number of carbonyl (C=O) groups is 3. The molecule has 2 aliphatic heterocycles. The maximum absolute atomic E-state index is 12.5. The Bertz CT molecular complexity index is 1100. The Morgan fingerprint density at radius 1 is 0.925 bits per heavy atom. The molecule has 0 aliphatic carbocycles. The highest BCUT2D eigenvalue weighted by atomic mass is 19.4. The summed E-state index contributed by atoms with van der Waals surface area (Å²) < 4.78 is 68.7. The number of nitrogens with zero attached hydrogens (tertiary/aromatic N) is 3. The van der Waals surface area contributed by atoms with Crippen LogP contribution in [0.1, 0.15) is 30.4 Å². The molecule has 3 heterocycles. The van der Waals surface area contributed by atoms with Crippen molar-refractivity contribution in [3.63, 3.8) is 0 Å². The van der Waals surface area contributed by atoms with Crippen molar-refractivity contribution < 1.29 is 55.7 Å². The number of carboxylic acids is 2. The van der Waals surface area contributed by atoms with Gasteiger partial charge < -0.3 is 19.8 Å². The summed E-state index contributed by atoms with van der Waals surface area (Å²) in [4.78, 5) is 39.1. The Balaban J connectivity index is 0.000000333. The molecule has 2 aliphatic rings. The normalized spacial score (nSPS) is 19.0. The number of likely N-dealkylation sites (tertiary alicyclic amines) is 2. The summed E-state index contributed by atoms with van der Waals surface area (Å²) in [5.74, 6) is -4.35. The van der Waals surface area contributed by atoms with Gasteiger partial charge in [-0.05, 0) is 42.2 Å². The van der Waals surface area contributed by atoms with Gasteiger partial charge in [0.1, 0.15) is 5.75 Å². The van der Waals surface area contributed by atoms with Gasteiger partial charge in [-0.15, -0.1) is 0 Å². The second-order valence-electron chi connectivity index (χ2n) is 8.77. The number of benzene rings is 1. The molecule has 2 atom stereocenters. The van der Waals surface area contributed by atoms with Crippen LogP contribution in [0.4, 0.5) is 26.3 Å². The molecule has 2 N–H and O–H groups in total. The summed E-state index contributed by atoms with van der Waals surface area (Å²) in [6.45, 7) is 2.64. The molecule has 220 valence electrons. The Labute approximate surface area is 225 Å². The molecule has 1 aromatic heterocycles. The van der Waals surface area contributed by atoms with Crippen LogP contribution in [0.2, 0.25) is 0 Å². The molecule has 9 nitrogen and oxygen atoms in total. The maximum Gasteiger partial charge on any atom is 0.490 e. The molecule has 2 aromatic rings. The van der Waals surface area contributed by atoms with Crippen molar-refractivity contribution in [3.05, 3.63) is 59.9 Å². The van der Waals surface area contributed by atoms with E-state index in [-0.39, 0.29) is 5.91 Å². The highest BCUT2D eigenvalue weighted by Gasteiger charge is 2.43. The van der Waals surface area contributed by atoms with Crippen LogP contribution in [0, 0.1) is 0 Å². The van der Waals surface area contributed by atoms with E-state index in [2.05, 4.69) is 26.9 Å². The Morgan fingerprint density at radius 3 is 1.98 bits per heavy atom. The van der Waals surface area contributed by atoms with Gasteiger partial charge >= 0.3 is 24.3 Å². The molecule has 0 bridgehead atoms. The van der Waals surface area contributed by atoms with Crippen LogP contribution in [-0.2, 0) is 27.5 Å². The number of aromatic nitrogens is 1. The van der Waals surface area contributed by atoms with E-state index in [9.17, 15) is 31.1 Å². The van der Waals surface area contributed by atoms with Crippen molar-refractivity contribution in [2.75, 3.05) is 13.7 Å². The number of hydrogen-bond donors (Lipinski definition) is 2. The van der Waals surface area contributed by atoms with Crippen molar-refractivity contribution in [3.8, 4) is 5.75 Å². The third-order valence-corrected chi connectivity index (χ3v) is 6.11.